The van der Waals surface area contributed by atoms with E-state index in [9.17, 15) is 14.3 Å². The number of hydrogen-bond acceptors (Lipinski definition) is 5. The van der Waals surface area contributed by atoms with Gasteiger partial charge >= 0.3 is 5.97 Å². The number of nitrogens with zero attached hydrogens (tertiary/aromatic N) is 3. The molecule has 160 valence electrons. The highest BCUT2D eigenvalue weighted by Crippen LogP contribution is 2.25. The first-order chi connectivity index (χ1) is 15.4. The van der Waals surface area contributed by atoms with Crippen molar-refractivity contribution in [2.24, 2.45) is 5.10 Å². The minimum absolute atomic E-state index is 0.129. The van der Waals surface area contributed by atoms with E-state index in [0.717, 1.165) is 11.1 Å². The Hall–Kier alpha value is -4.46. The van der Waals surface area contributed by atoms with Crippen molar-refractivity contribution in [3.8, 4) is 22.7 Å². The molecule has 3 N–H and O–H groups in total. The fourth-order valence-corrected chi connectivity index (χ4v) is 3.10. The first-order valence-corrected chi connectivity index (χ1v) is 9.69. The van der Waals surface area contributed by atoms with Crippen molar-refractivity contribution in [2.45, 2.75) is 6.92 Å². The molecule has 0 saturated carbocycles. The van der Waals surface area contributed by atoms with Crippen LogP contribution in [0.4, 0.5) is 10.1 Å². The van der Waals surface area contributed by atoms with Crippen molar-refractivity contribution < 1.29 is 19.4 Å². The lowest BCUT2D eigenvalue weighted by Crippen LogP contribution is -1.98. The van der Waals surface area contributed by atoms with E-state index in [4.69, 9.17) is 5.11 Å². The number of phenols is 1. The number of aromatic carboxylic acids is 1. The predicted molar refractivity (Wildman–Crippen MR) is 120 cm³/mol. The number of hydrazone groups is 1. The molecule has 0 aliphatic heterocycles. The molecule has 0 unspecified atom stereocenters. The van der Waals surface area contributed by atoms with Crippen molar-refractivity contribution in [1.29, 1.82) is 0 Å². The number of hydrogen-bond donors (Lipinski definition) is 3. The fourth-order valence-electron chi connectivity index (χ4n) is 3.10. The summed E-state index contributed by atoms with van der Waals surface area (Å²) in [5.41, 5.74) is 6.55. The summed E-state index contributed by atoms with van der Waals surface area (Å²) in [6.45, 7) is 1.80. The summed E-state index contributed by atoms with van der Waals surface area (Å²) < 4.78 is 15.7. The van der Waals surface area contributed by atoms with Gasteiger partial charge in [-0.3, -0.25) is 5.43 Å². The van der Waals surface area contributed by atoms with Crippen LogP contribution in [0.25, 0.3) is 16.9 Å². The molecule has 0 saturated heterocycles. The summed E-state index contributed by atoms with van der Waals surface area (Å²) in [4.78, 5) is 11.1. The van der Waals surface area contributed by atoms with Gasteiger partial charge in [0.15, 0.2) is 0 Å². The molecule has 3 aromatic carbocycles. The van der Waals surface area contributed by atoms with Crippen molar-refractivity contribution in [3.05, 3.63) is 95.4 Å². The third kappa shape index (κ3) is 4.49. The summed E-state index contributed by atoms with van der Waals surface area (Å²) >= 11 is 0. The van der Waals surface area contributed by atoms with Crippen LogP contribution in [0.3, 0.4) is 0 Å². The summed E-state index contributed by atoms with van der Waals surface area (Å²) in [6.07, 6.45) is 3.26. The van der Waals surface area contributed by atoms with E-state index in [1.54, 1.807) is 66.3 Å². The molecule has 0 amide bonds. The van der Waals surface area contributed by atoms with Gasteiger partial charge in [0.05, 0.1) is 23.2 Å². The average Bonchev–Trinajstić information content (AvgIpc) is 3.20. The molecule has 8 heteroatoms. The summed E-state index contributed by atoms with van der Waals surface area (Å²) in [5.74, 6) is -1.29. The van der Waals surface area contributed by atoms with E-state index >= 15 is 0 Å². The van der Waals surface area contributed by atoms with Gasteiger partial charge in [-0.25, -0.2) is 13.9 Å². The number of carbonyl (C=O) groups is 1. The van der Waals surface area contributed by atoms with Crippen LogP contribution < -0.4 is 5.43 Å². The first kappa shape index (κ1) is 20.8. The molecule has 0 fully saturated rings. The number of aryl methyl sites for hydroxylation is 1. The Kier molecular flexibility index (Phi) is 5.67. The number of benzene rings is 3. The van der Waals surface area contributed by atoms with Crippen LogP contribution in [-0.2, 0) is 0 Å². The second-order valence-electron chi connectivity index (χ2n) is 7.13. The zero-order valence-electron chi connectivity index (χ0n) is 17.0. The molecule has 0 radical (unpaired) electrons. The number of carboxylic acids is 1. The number of aromatic nitrogens is 2. The topological polar surface area (TPSA) is 99.7 Å². The minimum atomic E-state index is -1.01. The Morgan fingerprint density at radius 2 is 1.81 bits per heavy atom. The zero-order valence-corrected chi connectivity index (χ0v) is 17.0. The van der Waals surface area contributed by atoms with Gasteiger partial charge in [0, 0.05) is 17.3 Å². The van der Waals surface area contributed by atoms with Gasteiger partial charge in [0.1, 0.15) is 17.3 Å². The summed E-state index contributed by atoms with van der Waals surface area (Å²) in [6, 6.07) is 17.6. The smallest absolute Gasteiger partial charge is 0.335 e. The molecular weight excluding hydrogens is 411 g/mol. The highest BCUT2D eigenvalue weighted by molar-refractivity contribution is 5.89. The SMILES string of the molecule is Cc1ccc(N/N=C/c2cn(-c3ccc(C(=O)O)cc3)nc2-c2ccc(O)cc2)c(F)c1. The van der Waals surface area contributed by atoms with Crippen LogP contribution in [0.15, 0.2) is 78.0 Å². The average molecular weight is 430 g/mol. The second-order valence-corrected chi connectivity index (χ2v) is 7.13. The van der Waals surface area contributed by atoms with Crippen LogP contribution in [0.2, 0.25) is 0 Å². The molecule has 0 aliphatic rings. The van der Waals surface area contributed by atoms with Gasteiger partial charge in [0.25, 0.3) is 0 Å². The van der Waals surface area contributed by atoms with Crippen LogP contribution in [-0.4, -0.2) is 32.2 Å². The number of anilines is 1. The van der Waals surface area contributed by atoms with Crippen LogP contribution in [0.1, 0.15) is 21.5 Å². The van der Waals surface area contributed by atoms with Crippen LogP contribution in [0, 0.1) is 12.7 Å². The molecule has 7 nitrogen and oxygen atoms in total. The number of carboxylic acid groups (broad SMARTS) is 1. The lowest BCUT2D eigenvalue weighted by Gasteiger charge is -2.03. The number of phenolic OH excluding ortho intramolecular Hbond substituents is 1. The van der Waals surface area contributed by atoms with E-state index in [1.165, 1.54) is 24.4 Å². The third-order valence-corrected chi connectivity index (χ3v) is 4.78. The quantitative estimate of drug-likeness (QED) is 0.300. The van der Waals surface area contributed by atoms with Gasteiger partial charge in [-0.2, -0.15) is 10.2 Å². The Morgan fingerprint density at radius 1 is 1.09 bits per heavy atom. The third-order valence-electron chi connectivity index (χ3n) is 4.78. The molecule has 32 heavy (non-hydrogen) atoms. The van der Waals surface area contributed by atoms with Gasteiger partial charge < -0.3 is 10.2 Å². The molecule has 0 atom stereocenters. The molecule has 0 aliphatic carbocycles. The van der Waals surface area contributed by atoms with Crippen molar-refractivity contribution >= 4 is 17.9 Å². The van der Waals surface area contributed by atoms with Gasteiger partial charge in [-0.1, -0.05) is 6.07 Å². The zero-order chi connectivity index (χ0) is 22.7. The van der Waals surface area contributed by atoms with E-state index in [-0.39, 0.29) is 17.0 Å². The number of aromatic hydroxyl groups is 1. The highest BCUT2D eigenvalue weighted by Gasteiger charge is 2.12. The second kappa shape index (κ2) is 8.73. The normalized spacial score (nSPS) is 11.1. The summed E-state index contributed by atoms with van der Waals surface area (Å²) in [7, 11) is 0. The van der Waals surface area contributed by atoms with E-state index < -0.39 is 11.8 Å². The maximum Gasteiger partial charge on any atom is 0.335 e. The van der Waals surface area contributed by atoms with Crippen molar-refractivity contribution in [1.82, 2.24) is 9.78 Å². The number of rotatable bonds is 6. The highest BCUT2D eigenvalue weighted by atomic mass is 19.1. The number of nitrogens with one attached hydrogen (secondary N) is 1. The van der Waals surface area contributed by atoms with E-state index in [2.05, 4.69) is 15.6 Å². The Balaban J connectivity index is 1.69. The van der Waals surface area contributed by atoms with Crippen LogP contribution in [0.5, 0.6) is 5.75 Å². The van der Waals surface area contributed by atoms with Gasteiger partial charge in [-0.05, 0) is 73.2 Å². The standard InChI is InChI=1S/C24H19FN4O3/c1-15-2-11-22(21(25)12-15)27-26-13-18-14-29(19-7-3-17(4-8-19)24(31)32)28-23(18)16-5-9-20(30)10-6-16/h2-14,27,30H,1H3,(H,31,32)/b26-13+. The molecule has 0 spiro atoms. The first-order valence-electron chi connectivity index (χ1n) is 9.69. The monoisotopic (exact) mass is 430 g/mol. The molecular formula is C24H19FN4O3. The van der Waals surface area contributed by atoms with Gasteiger partial charge in [0.2, 0.25) is 0 Å². The van der Waals surface area contributed by atoms with Crippen molar-refractivity contribution in [2.75, 3.05) is 5.43 Å². The lowest BCUT2D eigenvalue weighted by molar-refractivity contribution is 0.0697. The lowest BCUT2D eigenvalue weighted by atomic mass is 10.1. The Morgan fingerprint density at radius 3 is 2.47 bits per heavy atom. The molecule has 1 aromatic heterocycles. The Labute approximate surface area is 183 Å². The minimum Gasteiger partial charge on any atom is -0.508 e. The number of halogens is 1. The maximum absolute atomic E-state index is 14.1. The predicted octanol–water partition coefficient (Wildman–Crippen LogP) is 4.84. The fraction of sp³-hybridized carbons (Fsp3) is 0.0417. The largest absolute Gasteiger partial charge is 0.508 e. The van der Waals surface area contributed by atoms with Crippen molar-refractivity contribution in [3.63, 3.8) is 0 Å². The van der Waals surface area contributed by atoms with Gasteiger partial charge in [-0.15, -0.1) is 0 Å². The Bertz CT molecular complexity index is 1300. The maximum atomic E-state index is 14.1. The summed E-state index contributed by atoms with van der Waals surface area (Å²) in [5, 5.41) is 27.5. The molecule has 4 aromatic rings. The van der Waals surface area contributed by atoms with Crippen LogP contribution >= 0.6 is 0 Å². The molecule has 1 heterocycles. The van der Waals surface area contributed by atoms with E-state index in [0.29, 0.717) is 16.9 Å². The molecule has 0 bridgehead atoms. The van der Waals surface area contributed by atoms with E-state index in [1.807, 2.05) is 0 Å². The molecule has 4 rings (SSSR count).